The molecule has 2 aromatic heterocycles. The van der Waals surface area contributed by atoms with Crippen LogP contribution in [0, 0.1) is 0 Å². The Kier molecular flexibility index (Phi) is 4.24. The summed E-state index contributed by atoms with van der Waals surface area (Å²) in [5, 5.41) is 4.12. The van der Waals surface area contributed by atoms with E-state index in [2.05, 4.69) is 22.1 Å². The van der Waals surface area contributed by atoms with Gasteiger partial charge in [0.05, 0.1) is 6.04 Å². The van der Waals surface area contributed by atoms with Gasteiger partial charge in [-0.2, -0.15) is 0 Å². The van der Waals surface area contributed by atoms with E-state index in [1.807, 2.05) is 37.7 Å². The standard InChI is InChI=1S/C17H19N3OS/c1-12(17-18-9-10-22-17)20(2)16(21)8-7-13-11-19-15-6-4-3-5-14(13)15/h3-6,9-12,19H,7-8H2,1-2H3/t12-/m0/s1. The van der Waals surface area contributed by atoms with Crippen molar-refractivity contribution >= 4 is 28.1 Å². The van der Waals surface area contributed by atoms with E-state index in [4.69, 9.17) is 0 Å². The minimum atomic E-state index is 0.0236. The first-order valence-electron chi connectivity index (χ1n) is 7.37. The molecule has 0 saturated heterocycles. The van der Waals surface area contributed by atoms with Crippen LogP contribution in [0.5, 0.6) is 0 Å². The SMILES string of the molecule is C[C@@H](c1nccs1)N(C)C(=O)CCc1c[nH]c2ccccc12. The second kappa shape index (κ2) is 6.32. The zero-order chi connectivity index (χ0) is 15.5. The van der Waals surface area contributed by atoms with Crippen molar-refractivity contribution in [3.05, 3.63) is 52.6 Å². The minimum absolute atomic E-state index is 0.0236. The number of nitrogens with one attached hydrogen (secondary N) is 1. The smallest absolute Gasteiger partial charge is 0.223 e. The Morgan fingerprint density at radius 3 is 3.00 bits per heavy atom. The number of aromatic amines is 1. The van der Waals surface area contributed by atoms with Crippen molar-refractivity contribution in [1.82, 2.24) is 14.9 Å². The first kappa shape index (κ1) is 14.8. The molecule has 3 aromatic rings. The number of hydrogen-bond acceptors (Lipinski definition) is 3. The number of H-pyrrole nitrogens is 1. The van der Waals surface area contributed by atoms with Crippen molar-refractivity contribution in [2.45, 2.75) is 25.8 Å². The van der Waals surface area contributed by atoms with E-state index in [1.54, 1.807) is 22.4 Å². The van der Waals surface area contributed by atoms with Crippen LogP contribution in [0.25, 0.3) is 10.9 Å². The average Bonchev–Trinajstić information content (AvgIpc) is 3.21. The molecule has 0 fully saturated rings. The molecule has 0 unspecified atom stereocenters. The van der Waals surface area contributed by atoms with E-state index in [1.165, 1.54) is 10.9 Å². The number of carbonyl (C=O) groups is 1. The van der Waals surface area contributed by atoms with Gasteiger partial charge in [-0.15, -0.1) is 11.3 Å². The molecule has 0 saturated carbocycles. The zero-order valence-electron chi connectivity index (χ0n) is 12.7. The van der Waals surface area contributed by atoms with Crippen molar-refractivity contribution in [3.63, 3.8) is 0 Å². The number of hydrogen-bond donors (Lipinski definition) is 1. The second-order valence-corrected chi connectivity index (χ2v) is 6.34. The summed E-state index contributed by atoms with van der Waals surface area (Å²) < 4.78 is 0. The first-order valence-corrected chi connectivity index (χ1v) is 8.25. The summed E-state index contributed by atoms with van der Waals surface area (Å²) in [7, 11) is 1.85. The summed E-state index contributed by atoms with van der Waals surface area (Å²) in [6.45, 7) is 2.02. The molecule has 1 amide bonds. The fraction of sp³-hybridized carbons (Fsp3) is 0.294. The summed E-state index contributed by atoms with van der Waals surface area (Å²) in [6, 6.07) is 8.20. The van der Waals surface area contributed by atoms with Gasteiger partial charge in [-0.05, 0) is 25.0 Å². The fourth-order valence-electron chi connectivity index (χ4n) is 2.58. The molecule has 0 aliphatic carbocycles. The van der Waals surface area contributed by atoms with Crippen molar-refractivity contribution < 1.29 is 4.79 Å². The Morgan fingerprint density at radius 1 is 1.41 bits per heavy atom. The summed E-state index contributed by atoms with van der Waals surface area (Å²) in [5.74, 6) is 0.146. The largest absolute Gasteiger partial charge is 0.361 e. The number of thiazole rings is 1. The molecule has 0 aliphatic heterocycles. The Morgan fingerprint density at radius 2 is 2.23 bits per heavy atom. The van der Waals surface area contributed by atoms with Crippen molar-refractivity contribution in [3.8, 4) is 0 Å². The van der Waals surface area contributed by atoms with E-state index in [0.29, 0.717) is 6.42 Å². The molecular weight excluding hydrogens is 294 g/mol. The molecule has 22 heavy (non-hydrogen) atoms. The number of benzene rings is 1. The quantitative estimate of drug-likeness (QED) is 0.779. The first-order chi connectivity index (χ1) is 10.7. The molecule has 1 atom stereocenters. The lowest BCUT2D eigenvalue weighted by molar-refractivity contribution is -0.131. The van der Waals surface area contributed by atoms with Crippen molar-refractivity contribution in [2.24, 2.45) is 0 Å². The third-order valence-electron chi connectivity index (χ3n) is 4.07. The van der Waals surface area contributed by atoms with E-state index in [0.717, 1.165) is 16.9 Å². The topological polar surface area (TPSA) is 49.0 Å². The molecule has 5 heteroatoms. The summed E-state index contributed by atoms with van der Waals surface area (Å²) >= 11 is 1.58. The number of aromatic nitrogens is 2. The molecule has 1 N–H and O–H groups in total. The Balaban J connectivity index is 1.64. The van der Waals surface area contributed by atoms with Crippen LogP contribution in [-0.4, -0.2) is 27.8 Å². The highest BCUT2D eigenvalue weighted by atomic mass is 32.1. The van der Waals surface area contributed by atoms with Crippen LogP contribution in [0.15, 0.2) is 42.0 Å². The van der Waals surface area contributed by atoms with Gasteiger partial charge in [0.2, 0.25) is 5.91 Å². The summed E-state index contributed by atoms with van der Waals surface area (Å²) in [4.78, 5) is 21.7. The Hall–Kier alpha value is -2.14. The maximum absolute atomic E-state index is 12.4. The van der Waals surface area contributed by atoms with Crippen LogP contribution in [0.1, 0.15) is 30.0 Å². The van der Waals surface area contributed by atoms with Crippen molar-refractivity contribution in [2.75, 3.05) is 7.05 Å². The monoisotopic (exact) mass is 313 g/mol. The van der Waals surface area contributed by atoms with Crippen molar-refractivity contribution in [1.29, 1.82) is 0 Å². The molecule has 4 nitrogen and oxygen atoms in total. The van der Waals surface area contributed by atoms with Gasteiger partial charge in [-0.25, -0.2) is 4.98 Å². The van der Waals surface area contributed by atoms with Gasteiger partial charge >= 0.3 is 0 Å². The zero-order valence-corrected chi connectivity index (χ0v) is 13.6. The number of rotatable bonds is 5. The predicted molar refractivity (Wildman–Crippen MR) is 89.9 cm³/mol. The maximum atomic E-state index is 12.4. The van der Waals surface area contributed by atoms with Crippen LogP contribution >= 0.6 is 11.3 Å². The lowest BCUT2D eigenvalue weighted by Gasteiger charge is -2.23. The molecule has 114 valence electrons. The molecule has 0 radical (unpaired) electrons. The summed E-state index contributed by atoms with van der Waals surface area (Å²) in [5.41, 5.74) is 2.31. The molecule has 0 spiro atoms. The molecule has 0 aliphatic rings. The van der Waals surface area contributed by atoms with Crippen LogP contribution < -0.4 is 0 Å². The minimum Gasteiger partial charge on any atom is -0.361 e. The highest BCUT2D eigenvalue weighted by molar-refractivity contribution is 7.09. The normalized spacial score (nSPS) is 12.5. The molecule has 0 bridgehead atoms. The number of para-hydroxylation sites is 1. The highest BCUT2D eigenvalue weighted by Gasteiger charge is 2.19. The molecule has 1 aromatic carbocycles. The van der Waals surface area contributed by atoms with E-state index < -0.39 is 0 Å². The fourth-order valence-corrected chi connectivity index (χ4v) is 3.32. The van der Waals surface area contributed by atoms with Gasteiger partial charge in [0.1, 0.15) is 5.01 Å². The lowest BCUT2D eigenvalue weighted by atomic mass is 10.1. The van der Waals surface area contributed by atoms with Gasteiger partial charge in [0.25, 0.3) is 0 Å². The van der Waals surface area contributed by atoms with Gasteiger partial charge in [0.15, 0.2) is 0 Å². The molecular formula is C17H19N3OS. The van der Waals surface area contributed by atoms with Gasteiger partial charge in [-0.1, -0.05) is 18.2 Å². The lowest BCUT2D eigenvalue weighted by Crippen LogP contribution is -2.29. The van der Waals surface area contributed by atoms with Gasteiger partial charge in [-0.3, -0.25) is 4.79 Å². The highest BCUT2D eigenvalue weighted by Crippen LogP contribution is 2.23. The second-order valence-electron chi connectivity index (χ2n) is 5.41. The molecule has 2 heterocycles. The Bertz CT molecular complexity index is 763. The van der Waals surface area contributed by atoms with E-state index >= 15 is 0 Å². The van der Waals surface area contributed by atoms with Crippen LogP contribution in [0.3, 0.4) is 0 Å². The Labute approximate surface area is 133 Å². The summed E-state index contributed by atoms with van der Waals surface area (Å²) in [6.07, 6.45) is 5.04. The van der Waals surface area contributed by atoms with E-state index in [-0.39, 0.29) is 11.9 Å². The van der Waals surface area contributed by atoms with Crippen LogP contribution in [-0.2, 0) is 11.2 Å². The maximum Gasteiger partial charge on any atom is 0.223 e. The number of carbonyl (C=O) groups excluding carboxylic acids is 1. The number of amides is 1. The third-order valence-corrected chi connectivity index (χ3v) is 5.01. The predicted octanol–water partition coefficient (Wildman–Crippen LogP) is 3.78. The van der Waals surface area contributed by atoms with Gasteiger partial charge < -0.3 is 9.88 Å². The average molecular weight is 313 g/mol. The van der Waals surface area contributed by atoms with E-state index in [9.17, 15) is 4.79 Å². The number of aryl methyl sites for hydroxylation is 1. The van der Waals surface area contributed by atoms with Crippen LogP contribution in [0.2, 0.25) is 0 Å². The number of fused-ring (bicyclic) bond motifs is 1. The third kappa shape index (κ3) is 2.90. The van der Waals surface area contributed by atoms with Gasteiger partial charge in [0, 0.05) is 42.1 Å². The molecule has 3 rings (SSSR count). The number of nitrogens with zero attached hydrogens (tertiary/aromatic N) is 2. The van der Waals surface area contributed by atoms with Crippen LogP contribution in [0.4, 0.5) is 0 Å².